The van der Waals surface area contributed by atoms with Crippen molar-refractivity contribution in [3.8, 4) is 0 Å². The third-order valence-electron chi connectivity index (χ3n) is 1.06. The van der Waals surface area contributed by atoms with Crippen LogP contribution in [0.1, 0.15) is 13.8 Å². The lowest BCUT2D eigenvalue weighted by Gasteiger charge is -1.97. The van der Waals surface area contributed by atoms with Gasteiger partial charge in [-0.2, -0.15) is 0 Å². The first-order valence-electron chi connectivity index (χ1n) is 3.11. The molecule has 0 radical (unpaired) electrons. The maximum atomic E-state index is 12.5. The van der Waals surface area contributed by atoms with E-state index in [1.807, 2.05) is 0 Å². The van der Waals surface area contributed by atoms with Gasteiger partial charge in [0, 0.05) is 0 Å². The average Bonchev–Trinajstić information content (AvgIpc) is 2.00. The molecular formula is C8H8F4. The normalized spacial score (nSPS) is 12.2. The summed E-state index contributed by atoms with van der Waals surface area (Å²) in [5.74, 6) is -6.76. The van der Waals surface area contributed by atoms with E-state index in [0.29, 0.717) is 0 Å². The molecule has 0 heterocycles. The van der Waals surface area contributed by atoms with E-state index in [9.17, 15) is 17.6 Å². The van der Waals surface area contributed by atoms with Crippen LogP contribution in [0.25, 0.3) is 0 Å². The fourth-order valence-corrected chi connectivity index (χ4v) is 0.435. The fraction of sp³-hybridized carbons (Fsp3) is 0.250. The maximum absolute atomic E-state index is 12.5. The van der Waals surface area contributed by atoms with E-state index in [1.54, 1.807) is 0 Å². The second-order valence-electron chi connectivity index (χ2n) is 2.35. The van der Waals surface area contributed by atoms with Crippen LogP contribution in [-0.4, -0.2) is 0 Å². The van der Waals surface area contributed by atoms with E-state index in [0.717, 1.165) is 0 Å². The van der Waals surface area contributed by atoms with Crippen LogP contribution in [0.3, 0.4) is 0 Å². The van der Waals surface area contributed by atoms with Gasteiger partial charge in [0.2, 0.25) is 0 Å². The molecule has 0 spiro atoms. The van der Waals surface area contributed by atoms with Gasteiger partial charge < -0.3 is 0 Å². The van der Waals surface area contributed by atoms with Crippen LogP contribution in [0.2, 0.25) is 0 Å². The summed E-state index contributed by atoms with van der Waals surface area (Å²) in [4.78, 5) is 0. The van der Waals surface area contributed by atoms with Gasteiger partial charge in [0.25, 0.3) is 0 Å². The average molecular weight is 180 g/mol. The van der Waals surface area contributed by atoms with Gasteiger partial charge in [-0.05, 0) is 19.4 Å². The molecule has 0 aliphatic rings. The molecule has 0 aliphatic carbocycles. The first kappa shape index (κ1) is 10.9. The quantitative estimate of drug-likeness (QED) is 0.446. The summed E-state index contributed by atoms with van der Waals surface area (Å²) in [5, 5.41) is 0. The highest BCUT2D eigenvalue weighted by molar-refractivity contribution is 5.31. The summed E-state index contributed by atoms with van der Waals surface area (Å²) in [7, 11) is 0. The third kappa shape index (κ3) is 2.53. The molecule has 0 aromatic carbocycles. The smallest absolute Gasteiger partial charge is 0.197 e. The molecule has 0 nitrogen and oxygen atoms in total. The molecule has 4 heteroatoms. The fourth-order valence-electron chi connectivity index (χ4n) is 0.435. The zero-order valence-electron chi connectivity index (χ0n) is 6.72. The van der Waals surface area contributed by atoms with Crippen molar-refractivity contribution in [2.75, 3.05) is 0 Å². The second-order valence-corrected chi connectivity index (χ2v) is 2.35. The molecule has 0 aliphatic heterocycles. The van der Waals surface area contributed by atoms with Crippen molar-refractivity contribution in [2.24, 2.45) is 0 Å². The van der Waals surface area contributed by atoms with Crippen molar-refractivity contribution in [3.63, 3.8) is 0 Å². The first-order valence-corrected chi connectivity index (χ1v) is 3.11. The summed E-state index contributed by atoms with van der Waals surface area (Å²) in [5.41, 5.74) is -0.0658. The molecule has 0 saturated carbocycles. The number of rotatable bonds is 2. The monoisotopic (exact) mass is 180 g/mol. The molecule has 0 aromatic rings. The van der Waals surface area contributed by atoms with Gasteiger partial charge in [-0.15, -0.1) is 0 Å². The van der Waals surface area contributed by atoms with Gasteiger partial charge in [0.05, 0.1) is 0 Å². The molecule has 0 aromatic heterocycles. The van der Waals surface area contributed by atoms with E-state index in [-0.39, 0.29) is 5.57 Å². The van der Waals surface area contributed by atoms with Crippen LogP contribution in [-0.2, 0) is 0 Å². The van der Waals surface area contributed by atoms with E-state index in [2.05, 4.69) is 6.58 Å². The Morgan fingerprint density at radius 3 is 1.50 bits per heavy atom. The first-order chi connectivity index (χ1) is 5.37. The molecule has 0 bridgehead atoms. The SMILES string of the molecule is C=C(F)/C(F)=C(/F)C(F)=C(C)C. The molecule has 0 atom stereocenters. The molecule has 0 N–H and O–H groups in total. The van der Waals surface area contributed by atoms with Crippen molar-refractivity contribution < 1.29 is 17.6 Å². The van der Waals surface area contributed by atoms with Crippen LogP contribution >= 0.6 is 0 Å². The third-order valence-corrected chi connectivity index (χ3v) is 1.06. The number of hydrogen-bond acceptors (Lipinski definition) is 0. The van der Waals surface area contributed by atoms with Crippen LogP contribution in [0.5, 0.6) is 0 Å². The van der Waals surface area contributed by atoms with E-state index in [1.165, 1.54) is 13.8 Å². The highest BCUT2D eigenvalue weighted by atomic mass is 19.2. The van der Waals surface area contributed by atoms with E-state index in [4.69, 9.17) is 0 Å². The van der Waals surface area contributed by atoms with Gasteiger partial charge in [-0.1, -0.05) is 6.58 Å². The minimum atomic E-state index is -1.89. The molecular weight excluding hydrogens is 172 g/mol. The Balaban J connectivity index is 5.06. The molecule has 0 saturated heterocycles. The number of halogens is 4. The summed E-state index contributed by atoms with van der Waals surface area (Å²) in [6, 6.07) is 0. The number of allylic oxidation sites excluding steroid dienone is 5. The Morgan fingerprint density at radius 1 is 0.833 bits per heavy atom. The van der Waals surface area contributed by atoms with Gasteiger partial charge in [0.15, 0.2) is 23.3 Å². The predicted molar refractivity (Wildman–Crippen MR) is 39.0 cm³/mol. The summed E-state index contributed by atoms with van der Waals surface area (Å²) in [6.07, 6.45) is 0. The summed E-state index contributed by atoms with van der Waals surface area (Å²) >= 11 is 0. The minimum absolute atomic E-state index is 0.0658. The Bertz CT molecular complexity index is 256. The van der Waals surface area contributed by atoms with Crippen LogP contribution in [0.4, 0.5) is 17.6 Å². The lowest BCUT2D eigenvalue weighted by molar-refractivity contribution is 0.467. The van der Waals surface area contributed by atoms with Gasteiger partial charge in [-0.25, -0.2) is 17.6 Å². The molecule has 12 heavy (non-hydrogen) atoms. The van der Waals surface area contributed by atoms with Crippen molar-refractivity contribution in [2.45, 2.75) is 13.8 Å². The molecule has 0 rings (SSSR count). The second kappa shape index (κ2) is 4.09. The Morgan fingerprint density at radius 2 is 1.25 bits per heavy atom. The largest absolute Gasteiger partial charge is 0.204 e. The maximum Gasteiger partial charge on any atom is 0.197 e. The van der Waals surface area contributed by atoms with Crippen LogP contribution in [0, 0.1) is 0 Å². The van der Waals surface area contributed by atoms with Crippen molar-refractivity contribution in [1.82, 2.24) is 0 Å². The Labute approximate surface area is 67.9 Å². The summed E-state index contributed by atoms with van der Waals surface area (Å²) in [6.45, 7) is 4.97. The Hall–Kier alpha value is -1.06. The zero-order chi connectivity index (χ0) is 9.89. The lowest BCUT2D eigenvalue weighted by Crippen LogP contribution is -1.85. The summed E-state index contributed by atoms with van der Waals surface area (Å²) < 4.78 is 49.2. The predicted octanol–water partition coefficient (Wildman–Crippen LogP) is 3.88. The van der Waals surface area contributed by atoms with Crippen LogP contribution < -0.4 is 0 Å². The van der Waals surface area contributed by atoms with Crippen molar-refractivity contribution >= 4 is 0 Å². The van der Waals surface area contributed by atoms with E-state index < -0.39 is 23.3 Å². The standard InChI is InChI=1S/C8H8F4/c1-4(2)6(10)8(12)7(11)5(3)9/h3H2,1-2H3/b8-7-. The van der Waals surface area contributed by atoms with Crippen LogP contribution in [0.15, 0.2) is 35.5 Å². The topological polar surface area (TPSA) is 0 Å². The molecule has 0 unspecified atom stereocenters. The zero-order valence-corrected chi connectivity index (χ0v) is 6.72. The molecule has 0 amide bonds. The molecule has 68 valence electrons. The van der Waals surface area contributed by atoms with Crippen molar-refractivity contribution in [3.05, 3.63) is 35.5 Å². The van der Waals surface area contributed by atoms with Gasteiger partial charge in [0.1, 0.15) is 0 Å². The Kier molecular flexibility index (Phi) is 3.73. The minimum Gasteiger partial charge on any atom is -0.204 e. The van der Waals surface area contributed by atoms with E-state index >= 15 is 0 Å². The van der Waals surface area contributed by atoms with Gasteiger partial charge in [-0.3, -0.25) is 0 Å². The van der Waals surface area contributed by atoms with Gasteiger partial charge >= 0.3 is 0 Å². The van der Waals surface area contributed by atoms with Crippen molar-refractivity contribution in [1.29, 1.82) is 0 Å². The highest BCUT2D eigenvalue weighted by Gasteiger charge is 2.15. The highest BCUT2D eigenvalue weighted by Crippen LogP contribution is 2.25. The molecule has 0 fully saturated rings. The number of hydrogen-bond donors (Lipinski definition) is 0. The lowest BCUT2D eigenvalue weighted by atomic mass is 10.2.